The number of aromatic nitrogens is 5. The van der Waals surface area contributed by atoms with Crippen LogP contribution in [-0.4, -0.2) is 53.1 Å². The van der Waals surface area contributed by atoms with Crippen molar-refractivity contribution in [3.63, 3.8) is 0 Å². The second-order valence-electron chi connectivity index (χ2n) is 6.42. The quantitative estimate of drug-likeness (QED) is 0.777. The molecule has 1 unspecified atom stereocenters. The maximum absolute atomic E-state index is 10.9. The van der Waals surface area contributed by atoms with Crippen LogP contribution < -0.4 is 0 Å². The van der Waals surface area contributed by atoms with Crippen molar-refractivity contribution in [1.82, 2.24) is 29.3 Å². The highest BCUT2D eigenvalue weighted by Crippen LogP contribution is 2.26. The smallest absolute Gasteiger partial charge is 0.152 e. The average molecular weight is 347 g/mol. The topological polar surface area (TPSA) is 71.5 Å². The summed E-state index contributed by atoms with van der Waals surface area (Å²) in [6.07, 6.45) is 7.05. The lowest BCUT2D eigenvalue weighted by Gasteiger charge is -2.39. The molecule has 4 rings (SSSR count). The van der Waals surface area contributed by atoms with Gasteiger partial charge in [-0.1, -0.05) is 22.9 Å². The number of pyridine rings is 1. The molecule has 0 bridgehead atoms. The molecule has 0 aliphatic carbocycles. The Bertz CT molecular complexity index is 832. The zero-order valence-corrected chi connectivity index (χ0v) is 14.0. The van der Waals surface area contributed by atoms with Crippen LogP contribution >= 0.6 is 11.6 Å². The third kappa shape index (κ3) is 3.02. The number of piperidine rings is 1. The van der Waals surface area contributed by atoms with E-state index in [9.17, 15) is 5.11 Å². The van der Waals surface area contributed by atoms with E-state index >= 15 is 0 Å². The number of nitrogens with zero attached hydrogens (tertiary/aromatic N) is 6. The van der Waals surface area contributed by atoms with Crippen molar-refractivity contribution in [2.45, 2.75) is 31.5 Å². The van der Waals surface area contributed by atoms with Crippen molar-refractivity contribution < 1.29 is 5.11 Å². The second kappa shape index (κ2) is 6.16. The summed E-state index contributed by atoms with van der Waals surface area (Å²) in [5.41, 5.74) is 0.989. The van der Waals surface area contributed by atoms with E-state index in [1.54, 1.807) is 17.1 Å². The van der Waals surface area contributed by atoms with E-state index in [2.05, 4.69) is 20.2 Å². The van der Waals surface area contributed by atoms with Crippen LogP contribution in [0.5, 0.6) is 0 Å². The zero-order chi connectivity index (χ0) is 16.6. The zero-order valence-electron chi connectivity index (χ0n) is 13.2. The Balaban J connectivity index is 1.53. The number of hydrogen-bond donors (Lipinski definition) is 1. The summed E-state index contributed by atoms with van der Waals surface area (Å²) in [4.78, 5) is 6.62. The maximum atomic E-state index is 10.9. The first-order valence-electron chi connectivity index (χ1n) is 8.03. The Morgan fingerprint density at radius 3 is 3.04 bits per heavy atom. The average Bonchev–Trinajstić information content (AvgIpc) is 3.16. The number of halogens is 1. The molecule has 1 atom stereocenters. The minimum Gasteiger partial charge on any atom is -0.387 e. The number of fused-ring (bicyclic) bond motifs is 1. The molecule has 1 aliphatic heterocycles. The first-order chi connectivity index (χ1) is 11.6. The molecule has 1 N–H and O–H groups in total. The van der Waals surface area contributed by atoms with Gasteiger partial charge in [-0.2, -0.15) is 0 Å². The normalized spacial score (nSPS) is 22.2. The summed E-state index contributed by atoms with van der Waals surface area (Å²) >= 11 is 6.33. The molecule has 126 valence electrons. The van der Waals surface area contributed by atoms with Gasteiger partial charge in [-0.05, 0) is 31.5 Å². The molecule has 1 saturated heterocycles. The molecule has 0 radical (unpaired) electrons. The molecule has 3 aromatic heterocycles. The van der Waals surface area contributed by atoms with Gasteiger partial charge < -0.3 is 9.51 Å². The third-order valence-electron chi connectivity index (χ3n) is 4.52. The van der Waals surface area contributed by atoms with Crippen molar-refractivity contribution in [1.29, 1.82) is 0 Å². The molecule has 24 heavy (non-hydrogen) atoms. The van der Waals surface area contributed by atoms with Gasteiger partial charge in [-0.25, -0.2) is 9.67 Å². The molecule has 7 nitrogen and oxygen atoms in total. The molecule has 0 aromatic carbocycles. The third-order valence-corrected chi connectivity index (χ3v) is 4.82. The molecule has 0 saturated carbocycles. The molecular formula is C16H19ClN6O. The Kier molecular flexibility index (Phi) is 3.99. The van der Waals surface area contributed by atoms with Crippen molar-refractivity contribution in [3.8, 4) is 0 Å². The van der Waals surface area contributed by atoms with Crippen molar-refractivity contribution in [2.75, 3.05) is 13.1 Å². The number of aliphatic hydroxyl groups is 1. The van der Waals surface area contributed by atoms with E-state index in [1.165, 1.54) is 0 Å². The van der Waals surface area contributed by atoms with E-state index in [4.69, 9.17) is 11.6 Å². The van der Waals surface area contributed by atoms with Gasteiger partial charge >= 0.3 is 0 Å². The predicted octanol–water partition coefficient (Wildman–Crippen LogP) is 1.61. The summed E-state index contributed by atoms with van der Waals surface area (Å²) in [6.45, 7) is 2.60. The Labute approximate surface area is 144 Å². The number of likely N-dealkylation sites (tertiary alicyclic amines) is 1. The minimum absolute atomic E-state index is 0.449. The fraction of sp³-hybridized carbons (Fsp3) is 0.438. The molecule has 4 heterocycles. The summed E-state index contributed by atoms with van der Waals surface area (Å²) in [5.74, 6) is 0. The van der Waals surface area contributed by atoms with Gasteiger partial charge in [0.1, 0.15) is 5.65 Å². The van der Waals surface area contributed by atoms with Gasteiger partial charge in [0.2, 0.25) is 0 Å². The summed E-state index contributed by atoms with van der Waals surface area (Å²) in [6, 6.07) is 5.85. The van der Waals surface area contributed by atoms with E-state index < -0.39 is 5.60 Å². The summed E-state index contributed by atoms with van der Waals surface area (Å²) in [5, 5.41) is 19.2. The van der Waals surface area contributed by atoms with Gasteiger partial charge in [-0.3, -0.25) is 4.90 Å². The minimum atomic E-state index is -0.807. The fourth-order valence-corrected chi connectivity index (χ4v) is 3.70. The standard InChI is InChI=1S/C16H19ClN6O/c17-15-13(23-8-2-1-4-14(23)19-15)10-21-7-3-5-16(24,11-21)12-22-9-6-18-20-22/h1-2,4,6,8-9,24H,3,5,7,10-12H2. The van der Waals surface area contributed by atoms with Crippen LogP contribution in [0.3, 0.4) is 0 Å². The number of hydrogen-bond acceptors (Lipinski definition) is 5. The molecule has 0 amide bonds. The first-order valence-corrected chi connectivity index (χ1v) is 8.41. The van der Waals surface area contributed by atoms with Crippen molar-refractivity contribution in [2.24, 2.45) is 0 Å². The SMILES string of the molecule is OC1(Cn2ccnn2)CCCN(Cc2c(Cl)nc3ccccn23)C1. The largest absolute Gasteiger partial charge is 0.387 e. The van der Waals surface area contributed by atoms with E-state index in [-0.39, 0.29) is 0 Å². The highest BCUT2D eigenvalue weighted by atomic mass is 35.5. The predicted molar refractivity (Wildman–Crippen MR) is 89.7 cm³/mol. The van der Waals surface area contributed by atoms with E-state index in [1.807, 2.05) is 28.8 Å². The molecule has 8 heteroatoms. The molecule has 3 aromatic rings. The van der Waals surface area contributed by atoms with Crippen molar-refractivity contribution >= 4 is 17.2 Å². The van der Waals surface area contributed by atoms with Gasteiger partial charge in [0.25, 0.3) is 0 Å². The van der Waals surface area contributed by atoms with Crippen molar-refractivity contribution in [3.05, 3.63) is 47.6 Å². The summed E-state index contributed by atoms with van der Waals surface area (Å²) < 4.78 is 3.69. The van der Waals surface area contributed by atoms with E-state index in [0.29, 0.717) is 24.8 Å². The van der Waals surface area contributed by atoms with Crippen LogP contribution in [0, 0.1) is 0 Å². The molecule has 0 spiro atoms. The number of β-amino-alcohol motifs (C(OH)–C–C–N with tert-alkyl or cyclic N) is 1. The lowest BCUT2D eigenvalue weighted by atomic mass is 9.92. The van der Waals surface area contributed by atoms with Gasteiger partial charge in [-0.15, -0.1) is 5.10 Å². The Morgan fingerprint density at radius 2 is 2.21 bits per heavy atom. The molecule has 1 aliphatic rings. The highest BCUT2D eigenvalue weighted by molar-refractivity contribution is 6.30. The van der Waals surface area contributed by atoms with Gasteiger partial charge in [0.15, 0.2) is 5.15 Å². The summed E-state index contributed by atoms with van der Waals surface area (Å²) in [7, 11) is 0. The monoisotopic (exact) mass is 346 g/mol. The Morgan fingerprint density at radius 1 is 1.29 bits per heavy atom. The van der Waals surface area contributed by atoms with Gasteiger partial charge in [0.05, 0.1) is 24.0 Å². The lowest BCUT2D eigenvalue weighted by molar-refractivity contribution is -0.0481. The maximum Gasteiger partial charge on any atom is 0.152 e. The lowest BCUT2D eigenvalue weighted by Crippen LogP contribution is -2.50. The van der Waals surface area contributed by atoms with Crippen LogP contribution in [0.2, 0.25) is 5.15 Å². The van der Waals surface area contributed by atoms with E-state index in [0.717, 1.165) is 30.7 Å². The fourth-order valence-electron chi connectivity index (χ4n) is 3.46. The van der Waals surface area contributed by atoms with Crippen LogP contribution in [-0.2, 0) is 13.1 Å². The van der Waals surface area contributed by atoms with Crippen LogP contribution in [0.15, 0.2) is 36.8 Å². The van der Waals surface area contributed by atoms with Crippen LogP contribution in [0.4, 0.5) is 0 Å². The van der Waals surface area contributed by atoms with Crippen LogP contribution in [0.25, 0.3) is 5.65 Å². The highest BCUT2D eigenvalue weighted by Gasteiger charge is 2.34. The van der Waals surface area contributed by atoms with Gasteiger partial charge in [0, 0.05) is 25.5 Å². The Hall–Kier alpha value is -1.96. The first kappa shape index (κ1) is 15.6. The van der Waals surface area contributed by atoms with Crippen LogP contribution in [0.1, 0.15) is 18.5 Å². The number of imidazole rings is 1. The number of rotatable bonds is 4. The molecule has 1 fully saturated rings. The molecular weight excluding hydrogens is 328 g/mol. The second-order valence-corrected chi connectivity index (χ2v) is 6.78.